The molecule has 1 aromatic heterocycles. The summed E-state index contributed by atoms with van der Waals surface area (Å²) in [4.78, 5) is 4.52. The van der Waals surface area contributed by atoms with Gasteiger partial charge in [-0.1, -0.05) is 26.2 Å². The van der Waals surface area contributed by atoms with Crippen LogP contribution in [-0.2, 0) is 6.42 Å². The molecule has 0 radical (unpaired) electrons. The monoisotopic (exact) mass is 291 g/mol. The van der Waals surface area contributed by atoms with E-state index in [0.29, 0.717) is 12.3 Å². The molecule has 3 atom stereocenters. The zero-order valence-electron chi connectivity index (χ0n) is 13.9. The summed E-state index contributed by atoms with van der Waals surface area (Å²) in [6.07, 6.45) is 8.35. The van der Waals surface area contributed by atoms with Gasteiger partial charge in [0.2, 0.25) is 0 Å². The topological polar surface area (TPSA) is 42.4 Å². The number of rotatable bonds is 5. The van der Waals surface area contributed by atoms with E-state index in [1.165, 1.54) is 25.7 Å². The van der Waals surface area contributed by atoms with E-state index in [-0.39, 0.29) is 6.10 Å². The van der Waals surface area contributed by atoms with E-state index in [1.54, 1.807) is 7.11 Å². The first-order valence-corrected chi connectivity index (χ1v) is 8.23. The number of aliphatic hydroxyl groups excluding tert-OH is 1. The van der Waals surface area contributed by atoms with Crippen molar-refractivity contribution in [3.05, 3.63) is 23.0 Å². The van der Waals surface area contributed by atoms with E-state index in [1.807, 2.05) is 20.0 Å². The second kappa shape index (κ2) is 7.26. The van der Waals surface area contributed by atoms with Gasteiger partial charge in [-0.15, -0.1) is 0 Å². The van der Waals surface area contributed by atoms with E-state index >= 15 is 0 Å². The highest BCUT2D eigenvalue weighted by Crippen LogP contribution is 2.34. The van der Waals surface area contributed by atoms with Crippen molar-refractivity contribution in [2.75, 3.05) is 7.11 Å². The van der Waals surface area contributed by atoms with Gasteiger partial charge < -0.3 is 9.84 Å². The van der Waals surface area contributed by atoms with Gasteiger partial charge in [0.25, 0.3) is 0 Å². The first-order valence-electron chi connectivity index (χ1n) is 8.23. The Morgan fingerprint density at radius 2 is 2.14 bits per heavy atom. The molecule has 21 heavy (non-hydrogen) atoms. The van der Waals surface area contributed by atoms with Crippen LogP contribution in [-0.4, -0.2) is 23.3 Å². The molecular formula is C18H29NO2. The highest BCUT2D eigenvalue weighted by Gasteiger charge is 2.27. The van der Waals surface area contributed by atoms with Gasteiger partial charge in [-0.05, 0) is 38.5 Å². The Hall–Kier alpha value is -1.09. The smallest absolute Gasteiger partial charge is 0.128 e. The van der Waals surface area contributed by atoms with Gasteiger partial charge in [0.05, 0.1) is 13.2 Å². The third kappa shape index (κ3) is 3.76. The summed E-state index contributed by atoms with van der Waals surface area (Å²) >= 11 is 0. The summed E-state index contributed by atoms with van der Waals surface area (Å²) in [5, 5.41) is 10.6. The van der Waals surface area contributed by atoms with E-state index in [9.17, 15) is 5.11 Å². The summed E-state index contributed by atoms with van der Waals surface area (Å²) in [5.74, 6) is 2.12. The molecular weight excluding hydrogens is 262 g/mol. The first-order chi connectivity index (χ1) is 10.1. The van der Waals surface area contributed by atoms with Gasteiger partial charge in [0, 0.05) is 29.4 Å². The average molecular weight is 291 g/mol. The molecule has 1 N–H and O–H groups in total. The van der Waals surface area contributed by atoms with Crippen molar-refractivity contribution in [2.45, 2.75) is 65.4 Å². The molecule has 0 bridgehead atoms. The molecule has 1 saturated carbocycles. The lowest BCUT2D eigenvalue weighted by atomic mass is 9.76. The Balaban J connectivity index is 2.07. The van der Waals surface area contributed by atoms with Gasteiger partial charge in [-0.25, -0.2) is 0 Å². The molecule has 3 nitrogen and oxygen atoms in total. The number of hydrogen-bond donors (Lipinski definition) is 1. The third-order valence-electron chi connectivity index (χ3n) is 5.10. The fourth-order valence-electron chi connectivity index (χ4n) is 3.69. The van der Waals surface area contributed by atoms with Gasteiger partial charge in [-0.3, -0.25) is 4.98 Å². The lowest BCUT2D eigenvalue weighted by Gasteiger charge is -2.32. The molecule has 0 amide bonds. The average Bonchev–Trinajstić information content (AvgIpc) is 2.50. The minimum Gasteiger partial charge on any atom is -0.496 e. The molecule has 0 aliphatic heterocycles. The molecule has 0 aromatic carbocycles. The highest BCUT2D eigenvalue weighted by molar-refractivity contribution is 5.41. The van der Waals surface area contributed by atoms with Gasteiger partial charge in [0.15, 0.2) is 0 Å². The van der Waals surface area contributed by atoms with Gasteiger partial charge in [0.1, 0.15) is 5.75 Å². The Kier molecular flexibility index (Phi) is 5.63. The fraction of sp³-hybridized carbons (Fsp3) is 0.722. The lowest BCUT2D eigenvalue weighted by Crippen LogP contribution is -2.28. The number of aromatic nitrogens is 1. The number of aliphatic hydroxyl groups is 1. The normalized spacial score (nSPS) is 23.9. The molecule has 1 aliphatic carbocycles. The number of nitrogens with zero attached hydrogens (tertiary/aromatic N) is 1. The predicted molar refractivity (Wildman–Crippen MR) is 85.7 cm³/mol. The Bertz CT molecular complexity index is 473. The number of pyridine rings is 1. The van der Waals surface area contributed by atoms with Crippen LogP contribution >= 0.6 is 0 Å². The van der Waals surface area contributed by atoms with Crippen LogP contribution in [0.2, 0.25) is 0 Å². The first kappa shape index (κ1) is 16.3. The van der Waals surface area contributed by atoms with Crippen LogP contribution in [0, 0.1) is 25.7 Å². The maximum atomic E-state index is 10.6. The van der Waals surface area contributed by atoms with Crippen LogP contribution in [0.1, 0.15) is 55.8 Å². The molecule has 0 spiro atoms. The van der Waals surface area contributed by atoms with Crippen molar-refractivity contribution >= 4 is 0 Å². The fourth-order valence-corrected chi connectivity index (χ4v) is 3.69. The molecule has 2 rings (SSSR count). The highest BCUT2D eigenvalue weighted by atomic mass is 16.5. The van der Waals surface area contributed by atoms with Crippen LogP contribution in [0.4, 0.5) is 0 Å². The van der Waals surface area contributed by atoms with Gasteiger partial charge in [-0.2, -0.15) is 0 Å². The van der Waals surface area contributed by atoms with Crippen molar-refractivity contribution in [1.29, 1.82) is 0 Å². The molecule has 1 aromatic rings. The molecule has 0 saturated heterocycles. The number of hydrogen-bond acceptors (Lipinski definition) is 3. The van der Waals surface area contributed by atoms with Crippen LogP contribution in [0.15, 0.2) is 6.20 Å². The Morgan fingerprint density at radius 3 is 2.81 bits per heavy atom. The zero-order chi connectivity index (χ0) is 15.4. The van der Waals surface area contributed by atoms with Crippen LogP contribution in [0.25, 0.3) is 0 Å². The zero-order valence-corrected chi connectivity index (χ0v) is 13.9. The number of ether oxygens (including phenoxy) is 1. The second-order valence-corrected chi connectivity index (χ2v) is 6.52. The van der Waals surface area contributed by atoms with Crippen molar-refractivity contribution in [3.8, 4) is 5.75 Å². The number of methoxy groups -OCH3 is 1. The van der Waals surface area contributed by atoms with Crippen molar-refractivity contribution in [1.82, 2.24) is 4.98 Å². The van der Waals surface area contributed by atoms with E-state index in [4.69, 9.17) is 4.74 Å². The van der Waals surface area contributed by atoms with Crippen molar-refractivity contribution in [3.63, 3.8) is 0 Å². The summed E-state index contributed by atoms with van der Waals surface area (Å²) in [7, 11) is 1.70. The SMILES string of the molecule is CCC1CCCC(C(O)Cc2ncc(C)c(OC)c2C)C1. The van der Waals surface area contributed by atoms with Crippen LogP contribution in [0.5, 0.6) is 5.75 Å². The minimum atomic E-state index is -0.280. The lowest BCUT2D eigenvalue weighted by molar-refractivity contribution is 0.0676. The summed E-state index contributed by atoms with van der Waals surface area (Å²) in [5.41, 5.74) is 3.10. The van der Waals surface area contributed by atoms with Gasteiger partial charge >= 0.3 is 0 Å². The van der Waals surface area contributed by atoms with E-state index < -0.39 is 0 Å². The summed E-state index contributed by atoms with van der Waals surface area (Å²) < 4.78 is 5.46. The Morgan fingerprint density at radius 1 is 1.38 bits per heavy atom. The quantitative estimate of drug-likeness (QED) is 0.896. The minimum absolute atomic E-state index is 0.280. The van der Waals surface area contributed by atoms with Crippen LogP contribution in [0.3, 0.4) is 0 Å². The third-order valence-corrected chi connectivity index (χ3v) is 5.10. The Labute approximate surface area is 128 Å². The maximum absolute atomic E-state index is 10.6. The second-order valence-electron chi connectivity index (χ2n) is 6.52. The standard InChI is InChI=1S/C18H29NO2/c1-5-14-7-6-8-15(9-14)17(20)10-16-13(3)18(21-4)12(2)11-19-16/h11,14-15,17,20H,5-10H2,1-4H3. The largest absolute Gasteiger partial charge is 0.496 e. The molecule has 3 unspecified atom stereocenters. The predicted octanol–water partition coefficient (Wildman–Crippen LogP) is 3.83. The number of aryl methyl sites for hydroxylation is 1. The molecule has 1 heterocycles. The summed E-state index contributed by atoms with van der Waals surface area (Å²) in [6.45, 7) is 6.30. The van der Waals surface area contributed by atoms with E-state index in [2.05, 4.69) is 11.9 Å². The maximum Gasteiger partial charge on any atom is 0.128 e. The molecule has 3 heteroatoms. The molecule has 1 fully saturated rings. The van der Waals surface area contributed by atoms with Crippen LogP contribution < -0.4 is 4.74 Å². The molecule has 118 valence electrons. The van der Waals surface area contributed by atoms with Crippen molar-refractivity contribution in [2.24, 2.45) is 11.8 Å². The molecule has 1 aliphatic rings. The van der Waals surface area contributed by atoms with Crippen molar-refractivity contribution < 1.29 is 9.84 Å². The summed E-state index contributed by atoms with van der Waals surface area (Å²) in [6, 6.07) is 0. The van der Waals surface area contributed by atoms with E-state index in [0.717, 1.165) is 34.9 Å².